The van der Waals surface area contributed by atoms with Crippen LogP contribution in [0.5, 0.6) is 0 Å². The van der Waals surface area contributed by atoms with Crippen molar-refractivity contribution >= 4 is 7.60 Å². The van der Waals surface area contributed by atoms with Gasteiger partial charge in [-0.1, -0.05) is 26.2 Å². The van der Waals surface area contributed by atoms with Crippen molar-refractivity contribution in [3.8, 4) is 0 Å². The fraction of sp³-hybridized carbons (Fsp3) is 1.00. The number of hydrogen-bond donors (Lipinski definition) is 4. The molecule has 146 valence electrons. The monoisotopic (exact) mass is 366 g/mol. The zero-order chi connectivity index (χ0) is 18.3. The molecule has 2 unspecified atom stereocenters. The molecule has 8 N–H and O–H groups in total. The van der Waals surface area contributed by atoms with Crippen molar-refractivity contribution in [1.29, 1.82) is 0 Å². The fourth-order valence-electron chi connectivity index (χ4n) is 2.33. The van der Waals surface area contributed by atoms with E-state index in [0.717, 1.165) is 51.4 Å². The molecule has 0 aromatic carbocycles. The van der Waals surface area contributed by atoms with Crippen molar-refractivity contribution in [3.63, 3.8) is 0 Å². The van der Waals surface area contributed by atoms with Gasteiger partial charge in [-0.2, -0.15) is 0 Å². The van der Waals surface area contributed by atoms with E-state index in [4.69, 9.17) is 32.0 Å². The van der Waals surface area contributed by atoms with Crippen LogP contribution < -0.4 is 22.9 Å². The Kier molecular flexibility index (Phi) is 15.3. The van der Waals surface area contributed by atoms with Crippen molar-refractivity contribution in [3.05, 3.63) is 0 Å². The first-order chi connectivity index (χ1) is 11.5. The molecule has 0 amide bonds. The standard InChI is InChI=1S/C16H39N4O3P/c1-2-3-14-24(21,22-15(19)10-6-4-8-12-17)23-16(20)11-7-5-9-13-18/h15-16H,2-14,17-20H2,1H3. The third kappa shape index (κ3) is 13.3. The fourth-order valence-corrected chi connectivity index (χ4v) is 4.33. The summed E-state index contributed by atoms with van der Waals surface area (Å²) in [5.41, 5.74) is 22.9. The average Bonchev–Trinajstić information content (AvgIpc) is 2.53. The van der Waals surface area contributed by atoms with Crippen LogP contribution in [0.2, 0.25) is 0 Å². The van der Waals surface area contributed by atoms with E-state index in [9.17, 15) is 4.57 Å². The average molecular weight is 366 g/mol. The minimum absolute atomic E-state index is 0.358. The molecule has 0 aliphatic carbocycles. The van der Waals surface area contributed by atoms with Crippen molar-refractivity contribution in [2.75, 3.05) is 19.3 Å². The first kappa shape index (κ1) is 24.0. The summed E-state index contributed by atoms with van der Waals surface area (Å²) >= 11 is 0. The second kappa shape index (κ2) is 15.3. The largest absolute Gasteiger partial charge is 0.333 e. The summed E-state index contributed by atoms with van der Waals surface area (Å²) in [6, 6.07) is 0. The van der Waals surface area contributed by atoms with Crippen LogP contribution in [0, 0.1) is 0 Å². The predicted molar refractivity (Wildman–Crippen MR) is 101 cm³/mol. The highest BCUT2D eigenvalue weighted by molar-refractivity contribution is 7.53. The second-order valence-electron chi connectivity index (χ2n) is 6.25. The van der Waals surface area contributed by atoms with Crippen LogP contribution in [0.15, 0.2) is 0 Å². The van der Waals surface area contributed by atoms with Crippen LogP contribution in [0.1, 0.15) is 71.1 Å². The Morgan fingerprint density at radius 1 is 0.792 bits per heavy atom. The van der Waals surface area contributed by atoms with Crippen LogP contribution >= 0.6 is 7.60 Å². The predicted octanol–water partition coefficient (Wildman–Crippen LogP) is 2.62. The van der Waals surface area contributed by atoms with Crippen LogP contribution in [-0.4, -0.2) is 31.7 Å². The second-order valence-corrected chi connectivity index (χ2v) is 8.34. The third-order valence-corrected chi connectivity index (χ3v) is 5.81. The number of unbranched alkanes of at least 4 members (excludes halogenated alkanes) is 5. The van der Waals surface area contributed by atoms with Gasteiger partial charge in [-0.15, -0.1) is 0 Å². The van der Waals surface area contributed by atoms with Gasteiger partial charge < -0.3 is 22.9 Å². The molecular weight excluding hydrogens is 327 g/mol. The van der Waals surface area contributed by atoms with Gasteiger partial charge in [0.25, 0.3) is 0 Å². The lowest BCUT2D eigenvalue weighted by atomic mass is 10.2. The van der Waals surface area contributed by atoms with E-state index in [2.05, 4.69) is 0 Å². The van der Waals surface area contributed by atoms with Gasteiger partial charge in [0.2, 0.25) is 0 Å². The summed E-state index contributed by atoms with van der Waals surface area (Å²) in [5, 5.41) is 0. The molecule has 7 nitrogen and oxygen atoms in total. The van der Waals surface area contributed by atoms with Crippen LogP contribution in [-0.2, 0) is 13.6 Å². The van der Waals surface area contributed by atoms with E-state index in [1.807, 2.05) is 6.92 Å². The zero-order valence-corrected chi connectivity index (χ0v) is 16.2. The molecule has 0 aliphatic rings. The lowest BCUT2D eigenvalue weighted by Crippen LogP contribution is -2.28. The molecule has 8 heteroatoms. The van der Waals surface area contributed by atoms with E-state index in [-0.39, 0.29) is 0 Å². The normalized spacial score (nSPS) is 16.7. The van der Waals surface area contributed by atoms with Gasteiger partial charge in [-0.25, -0.2) is 0 Å². The van der Waals surface area contributed by atoms with Crippen LogP contribution in [0.3, 0.4) is 0 Å². The van der Waals surface area contributed by atoms with Crippen LogP contribution in [0.4, 0.5) is 0 Å². The Bertz CT molecular complexity index is 310. The summed E-state index contributed by atoms with van der Waals surface area (Å²) in [6.07, 6.45) is 7.86. The van der Waals surface area contributed by atoms with Gasteiger partial charge in [0.15, 0.2) is 0 Å². The minimum Gasteiger partial charge on any atom is -0.330 e. The Morgan fingerprint density at radius 3 is 1.62 bits per heavy atom. The molecule has 0 saturated carbocycles. The van der Waals surface area contributed by atoms with E-state index in [1.165, 1.54) is 0 Å². The summed E-state index contributed by atoms with van der Waals surface area (Å²) in [6.45, 7) is 3.38. The van der Waals surface area contributed by atoms with E-state index >= 15 is 0 Å². The Morgan fingerprint density at radius 2 is 1.25 bits per heavy atom. The zero-order valence-electron chi connectivity index (χ0n) is 15.3. The Labute approximate surface area is 147 Å². The van der Waals surface area contributed by atoms with Gasteiger partial charge in [-0.05, 0) is 58.0 Å². The summed E-state index contributed by atoms with van der Waals surface area (Å²) < 4.78 is 24.1. The number of hydrogen-bond acceptors (Lipinski definition) is 7. The molecule has 0 aliphatic heterocycles. The molecule has 0 spiro atoms. The van der Waals surface area contributed by atoms with Crippen molar-refractivity contribution in [1.82, 2.24) is 0 Å². The Hall–Kier alpha value is -0.0100. The topological polar surface area (TPSA) is 140 Å². The molecule has 24 heavy (non-hydrogen) atoms. The highest BCUT2D eigenvalue weighted by Gasteiger charge is 2.29. The first-order valence-electron chi connectivity index (χ1n) is 9.34. The first-order valence-corrected chi connectivity index (χ1v) is 11.1. The van der Waals surface area contributed by atoms with Gasteiger partial charge in [-0.3, -0.25) is 13.6 Å². The molecular formula is C16H39N4O3P. The van der Waals surface area contributed by atoms with Gasteiger partial charge >= 0.3 is 7.60 Å². The minimum atomic E-state index is -3.26. The van der Waals surface area contributed by atoms with E-state index < -0.39 is 20.1 Å². The lowest BCUT2D eigenvalue weighted by Gasteiger charge is -2.25. The maximum absolute atomic E-state index is 12.9. The summed E-state index contributed by atoms with van der Waals surface area (Å²) in [7, 11) is -3.26. The van der Waals surface area contributed by atoms with Gasteiger partial charge in [0.05, 0.1) is 6.16 Å². The smallest absolute Gasteiger partial charge is 0.330 e. The molecule has 0 rings (SSSR count). The number of rotatable bonds is 17. The summed E-state index contributed by atoms with van der Waals surface area (Å²) in [4.78, 5) is 0. The highest BCUT2D eigenvalue weighted by Crippen LogP contribution is 2.51. The quantitative estimate of drug-likeness (QED) is 0.176. The molecule has 0 fully saturated rings. The maximum Gasteiger partial charge on any atom is 0.333 e. The molecule has 2 atom stereocenters. The SMILES string of the molecule is CCCCP(=O)(OC(N)CCCCCN)OC(N)CCCCCN. The van der Waals surface area contributed by atoms with Crippen molar-refractivity contribution in [2.45, 2.75) is 83.6 Å². The lowest BCUT2D eigenvalue weighted by molar-refractivity contribution is 0.107. The Balaban J connectivity index is 4.34. The molecule has 0 bridgehead atoms. The summed E-state index contributed by atoms with van der Waals surface area (Å²) in [5.74, 6) is 0. The van der Waals surface area contributed by atoms with Crippen LogP contribution in [0.25, 0.3) is 0 Å². The van der Waals surface area contributed by atoms with Gasteiger partial charge in [0, 0.05) is 0 Å². The van der Waals surface area contributed by atoms with Crippen molar-refractivity contribution in [2.24, 2.45) is 22.9 Å². The molecule has 0 aromatic heterocycles. The van der Waals surface area contributed by atoms with Gasteiger partial charge in [0.1, 0.15) is 12.5 Å². The highest BCUT2D eigenvalue weighted by atomic mass is 31.2. The maximum atomic E-state index is 12.9. The van der Waals surface area contributed by atoms with E-state index in [1.54, 1.807) is 0 Å². The third-order valence-electron chi connectivity index (χ3n) is 3.76. The molecule has 0 radical (unpaired) electrons. The van der Waals surface area contributed by atoms with E-state index in [0.29, 0.717) is 32.1 Å². The van der Waals surface area contributed by atoms with Crippen molar-refractivity contribution < 1.29 is 13.6 Å². The molecule has 0 saturated heterocycles. The molecule has 0 heterocycles. The molecule has 0 aromatic rings. The number of nitrogens with two attached hydrogens (primary N) is 4.